The zero-order valence-corrected chi connectivity index (χ0v) is 15.6. The van der Waals surface area contributed by atoms with Crippen LogP contribution in [0.25, 0.3) is 5.69 Å². The Hall–Kier alpha value is -2.93. The first kappa shape index (κ1) is 18.8. The molecule has 1 aromatic heterocycles. The number of carbonyl (C=O) groups excluding carboxylic acids is 1. The van der Waals surface area contributed by atoms with Crippen molar-refractivity contribution >= 4 is 11.7 Å². The Morgan fingerprint density at radius 1 is 1.41 bits per heavy atom. The molecule has 1 aliphatic rings. The molecule has 3 rings (SSSR count). The summed E-state index contributed by atoms with van der Waals surface area (Å²) in [5.41, 5.74) is 13.7. The molecular weight excluding hydrogens is 342 g/mol. The van der Waals surface area contributed by atoms with Crippen LogP contribution in [-0.2, 0) is 16.8 Å². The first-order chi connectivity index (χ1) is 12.7. The second-order valence-corrected chi connectivity index (χ2v) is 7.43. The smallest absolute Gasteiger partial charge is 0.252 e. The molecule has 0 atom stereocenters. The van der Waals surface area contributed by atoms with Crippen molar-refractivity contribution in [3.05, 3.63) is 59.6 Å². The lowest BCUT2D eigenvalue weighted by molar-refractivity contribution is -0.117. The number of amides is 1. The number of nitrogens with two attached hydrogens (primary N) is 2. The second-order valence-electron chi connectivity index (χ2n) is 7.43. The molecular formula is C20H25N5O2. The van der Waals surface area contributed by atoms with Crippen molar-refractivity contribution in [2.75, 3.05) is 0 Å². The molecule has 1 aliphatic carbocycles. The number of rotatable bonds is 6. The summed E-state index contributed by atoms with van der Waals surface area (Å²) in [4.78, 5) is 16.0. The van der Waals surface area contributed by atoms with Gasteiger partial charge in [0.05, 0.1) is 23.9 Å². The van der Waals surface area contributed by atoms with Gasteiger partial charge in [-0.3, -0.25) is 4.79 Å². The van der Waals surface area contributed by atoms with Gasteiger partial charge in [-0.25, -0.2) is 4.68 Å². The van der Waals surface area contributed by atoms with Gasteiger partial charge in [-0.1, -0.05) is 12.1 Å². The Morgan fingerprint density at radius 2 is 2.15 bits per heavy atom. The minimum Gasteiger partial charge on any atom is -0.402 e. The van der Waals surface area contributed by atoms with Crippen LogP contribution in [0, 0.1) is 5.92 Å². The number of carbonyl (C=O) groups is 1. The maximum atomic E-state index is 12.1. The van der Waals surface area contributed by atoms with Gasteiger partial charge in [-0.2, -0.15) is 10.1 Å². The lowest BCUT2D eigenvalue weighted by Gasteiger charge is -2.18. The molecule has 0 aliphatic heterocycles. The average molecular weight is 367 g/mol. The summed E-state index contributed by atoms with van der Waals surface area (Å²) in [6.07, 6.45) is 7.19. The van der Waals surface area contributed by atoms with Crippen LogP contribution in [0.2, 0.25) is 0 Å². The van der Waals surface area contributed by atoms with Crippen molar-refractivity contribution < 1.29 is 9.90 Å². The summed E-state index contributed by atoms with van der Waals surface area (Å²) in [5, 5.41) is 14.4. The molecule has 0 radical (unpaired) electrons. The van der Waals surface area contributed by atoms with E-state index >= 15 is 0 Å². The number of hydrogen-bond acceptors (Lipinski definition) is 4. The average Bonchev–Trinajstić information content (AvgIpc) is 3.34. The first-order valence-corrected chi connectivity index (χ1v) is 8.93. The van der Waals surface area contributed by atoms with Crippen LogP contribution >= 0.6 is 0 Å². The van der Waals surface area contributed by atoms with E-state index in [-0.39, 0.29) is 18.2 Å². The van der Waals surface area contributed by atoms with E-state index in [1.165, 1.54) is 0 Å². The van der Waals surface area contributed by atoms with Crippen molar-refractivity contribution in [3.8, 4) is 5.69 Å². The maximum Gasteiger partial charge on any atom is 0.252 e. The Bertz CT molecular complexity index is 901. The largest absolute Gasteiger partial charge is 0.402 e. The van der Waals surface area contributed by atoms with Gasteiger partial charge in [-0.15, -0.1) is 0 Å². The van der Waals surface area contributed by atoms with E-state index in [0.29, 0.717) is 11.6 Å². The summed E-state index contributed by atoms with van der Waals surface area (Å²) in [7, 11) is 0. The van der Waals surface area contributed by atoms with Gasteiger partial charge < -0.3 is 16.6 Å². The second kappa shape index (κ2) is 7.36. The van der Waals surface area contributed by atoms with E-state index in [2.05, 4.69) is 10.1 Å². The Morgan fingerprint density at radius 3 is 2.81 bits per heavy atom. The van der Waals surface area contributed by atoms with Crippen LogP contribution in [0.1, 0.15) is 37.8 Å². The molecule has 1 amide bonds. The van der Waals surface area contributed by atoms with Gasteiger partial charge in [-0.05, 0) is 61.9 Å². The molecule has 142 valence electrons. The third kappa shape index (κ3) is 5.04. The molecule has 0 saturated heterocycles. The highest BCUT2D eigenvalue weighted by atomic mass is 16.3. The molecule has 1 aromatic carbocycles. The molecule has 1 heterocycles. The van der Waals surface area contributed by atoms with E-state index in [1.54, 1.807) is 37.0 Å². The van der Waals surface area contributed by atoms with Crippen LogP contribution in [0.15, 0.2) is 53.4 Å². The molecule has 1 saturated carbocycles. The molecule has 7 heteroatoms. The van der Waals surface area contributed by atoms with Gasteiger partial charge in [0.1, 0.15) is 5.84 Å². The Balaban J connectivity index is 1.69. The lowest BCUT2D eigenvalue weighted by Crippen LogP contribution is -2.15. The van der Waals surface area contributed by atoms with Crippen LogP contribution in [0.3, 0.4) is 0 Å². The predicted octanol–water partition coefficient (Wildman–Crippen LogP) is 1.78. The zero-order valence-electron chi connectivity index (χ0n) is 15.6. The fourth-order valence-corrected chi connectivity index (χ4v) is 2.72. The SMILES string of the molecule is CC(C)(O)c1cccc(-n2cc(CC(=O)N=C(N)/C=C(\N)C3CC3)cn2)c1. The molecule has 2 aromatic rings. The highest BCUT2D eigenvalue weighted by Crippen LogP contribution is 2.33. The monoisotopic (exact) mass is 367 g/mol. The number of aliphatic imine (C=N–C) groups is 1. The number of nitrogens with zero attached hydrogens (tertiary/aromatic N) is 3. The van der Waals surface area contributed by atoms with Crippen molar-refractivity contribution in [1.29, 1.82) is 0 Å². The number of amidine groups is 1. The third-order valence-corrected chi connectivity index (χ3v) is 4.43. The number of benzene rings is 1. The van der Waals surface area contributed by atoms with Crippen LogP contribution in [-0.4, -0.2) is 26.6 Å². The van der Waals surface area contributed by atoms with Crippen LogP contribution in [0.4, 0.5) is 0 Å². The van der Waals surface area contributed by atoms with Crippen molar-refractivity contribution in [2.24, 2.45) is 22.4 Å². The number of aromatic nitrogens is 2. The van der Waals surface area contributed by atoms with Crippen LogP contribution in [0.5, 0.6) is 0 Å². The van der Waals surface area contributed by atoms with Gasteiger partial charge >= 0.3 is 0 Å². The molecule has 0 bridgehead atoms. The molecule has 0 spiro atoms. The Kier molecular flexibility index (Phi) is 5.14. The summed E-state index contributed by atoms with van der Waals surface area (Å²) in [6, 6.07) is 7.46. The van der Waals surface area contributed by atoms with Crippen molar-refractivity contribution in [1.82, 2.24) is 9.78 Å². The summed E-state index contributed by atoms with van der Waals surface area (Å²) in [6.45, 7) is 3.46. The molecule has 7 nitrogen and oxygen atoms in total. The third-order valence-electron chi connectivity index (χ3n) is 4.43. The zero-order chi connectivity index (χ0) is 19.6. The highest BCUT2D eigenvalue weighted by Gasteiger charge is 2.24. The lowest BCUT2D eigenvalue weighted by atomic mass is 9.98. The van der Waals surface area contributed by atoms with E-state index in [0.717, 1.165) is 29.7 Å². The Labute approximate surface area is 158 Å². The van der Waals surface area contributed by atoms with Crippen molar-refractivity contribution in [2.45, 2.75) is 38.7 Å². The van der Waals surface area contributed by atoms with Gasteiger partial charge in [0.2, 0.25) is 0 Å². The molecule has 0 unspecified atom stereocenters. The van der Waals surface area contributed by atoms with Crippen molar-refractivity contribution in [3.63, 3.8) is 0 Å². The quantitative estimate of drug-likeness (QED) is 0.531. The standard InChI is InChI=1S/C20H25N5O2/c1-20(2,27)15-4-3-5-16(9-15)25-12-13(11-23-25)8-19(26)24-18(22)10-17(21)14-6-7-14/h3-5,9-12,14,27H,6-8,21H2,1-2H3,(H2,22,24,26)/b17-10-. The van der Waals surface area contributed by atoms with E-state index in [1.807, 2.05) is 24.3 Å². The van der Waals surface area contributed by atoms with Gasteiger partial charge in [0.25, 0.3) is 5.91 Å². The summed E-state index contributed by atoms with van der Waals surface area (Å²) in [5.74, 6) is 0.165. The van der Waals surface area contributed by atoms with E-state index in [4.69, 9.17) is 11.5 Å². The molecule has 5 N–H and O–H groups in total. The first-order valence-electron chi connectivity index (χ1n) is 8.93. The minimum atomic E-state index is -0.940. The fourth-order valence-electron chi connectivity index (χ4n) is 2.72. The van der Waals surface area contributed by atoms with Gasteiger partial charge in [0.15, 0.2) is 0 Å². The molecule has 27 heavy (non-hydrogen) atoms. The normalized spacial score (nSPS) is 15.8. The van der Waals surface area contributed by atoms with Gasteiger partial charge in [0, 0.05) is 11.9 Å². The summed E-state index contributed by atoms with van der Waals surface area (Å²) < 4.78 is 1.66. The van der Waals surface area contributed by atoms with E-state index in [9.17, 15) is 9.90 Å². The fraction of sp³-hybridized carbons (Fsp3) is 0.350. The number of aliphatic hydroxyl groups is 1. The number of allylic oxidation sites excluding steroid dienone is 1. The predicted molar refractivity (Wildman–Crippen MR) is 104 cm³/mol. The minimum absolute atomic E-state index is 0.100. The number of hydrogen-bond donors (Lipinski definition) is 3. The maximum absolute atomic E-state index is 12.1. The summed E-state index contributed by atoms with van der Waals surface area (Å²) >= 11 is 0. The topological polar surface area (TPSA) is 120 Å². The van der Waals surface area contributed by atoms with Crippen LogP contribution < -0.4 is 11.5 Å². The van der Waals surface area contributed by atoms with E-state index < -0.39 is 5.60 Å². The highest BCUT2D eigenvalue weighted by molar-refractivity contribution is 6.00. The molecule has 1 fully saturated rings.